The van der Waals surface area contributed by atoms with Gasteiger partial charge in [0.2, 0.25) is 5.95 Å². The summed E-state index contributed by atoms with van der Waals surface area (Å²) >= 11 is 0. The Kier molecular flexibility index (Phi) is 4.84. The molecule has 3 aromatic heterocycles. The summed E-state index contributed by atoms with van der Waals surface area (Å²) in [4.78, 5) is 33.9. The maximum Gasteiger partial charge on any atom is 0.267 e. The maximum absolute atomic E-state index is 12.6. The first kappa shape index (κ1) is 19.0. The molecule has 8 heteroatoms. The van der Waals surface area contributed by atoms with Gasteiger partial charge in [-0.3, -0.25) is 14.2 Å². The number of nitrogens with one attached hydrogen (secondary N) is 1. The fourth-order valence-electron chi connectivity index (χ4n) is 4.72. The lowest BCUT2D eigenvalue weighted by atomic mass is 9.91. The molecule has 30 heavy (non-hydrogen) atoms. The third-order valence-electron chi connectivity index (χ3n) is 6.46. The molecule has 2 aliphatic carbocycles. The first-order chi connectivity index (χ1) is 14.6. The zero-order valence-corrected chi connectivity index (χ0v) is 17.2. The van der Waals surface area contributed by atoms with Crippen LogP contribution in [-0.2, 0) is 19.9 Å². The van der Waals surface area contributed by atoms with E-state index in [1.807, 2.05) is 0 Å². The summed E-state index contributed by atoms with van der Waals surface area (Å²) in [6, 6.07) is 5.63. The normalized spacial score (nSPS) is 21.4. The molecule has 5 rings (SSSR count). The van der Waals surface area contributed by atoms with Crippen molar-refractivity contribution in [1.29, 1.82) is 0 Å². The largest absolute Gasteiger partial charge is 0.353 e. The van der Waals surface area contributed by atoms with E-state index in [1.165, 1.54) is 0 Å². The number of hydrogen-bond acceptors (Lipinski definition) is 6. The Labute approximate surface area is 174 Å². The minimum absolute atomic E-state index is 0.0247. The van der Waals surface area contributed by atoms with Gasteiger partial charge >= 0.3 is 0 Å². The molecule has 3 heterocycles. The summed E-state index contributed by atoms with van der Waals surface area (Å²) in [5, 5.41) is 8.67. The molecule has 0 amide bonds. The quantitative estimate of drug-likeness (QED) is 0.718. The summed E-state index contributed by atoms with van der Waals surface area (Å²) in [5.41, 5.74) is 2.62. The predicted molar refractivity (Wildman–Crippen MR) is 115 cm³/mol. The van der Waals surface area contributed by atoms with Crippen LogP contribution in [0.5, 0.6) is 0 Å². The summed E-state index contributed by atoms with van der Waals surface area (Å²) in [5.74, 6) is 0.540. The van der Waals surface area contributed by atoms with Gasteiger partial charge < -0.3 is 5.32 Å². The van der Waals surface area contributed by atoms with Crippen LogP contribution in [0.25, 0.3) is 11.0 Å². The first-order valence-corrected chi connectivity index (χ1v) is 10.8. The SMILES string of the molecule is Cn1c(NC2CCC(n3nc4c(cc3=O)CCCC4)CC2)nc2ncccc2c1=O. The second-order valence-corrected chi connectivity index (χ2v) is 8.43. The van der Waals surface area contributed by atoms with E-state index in [4.69, 9.17) is 5.10 Å². The van der Waals surface area contributed by atoms with E-state index < -0.39 is 0 Å². The van der Waals surface area contributed by atoms with Crippen molar-refractivity contribution < 1.29 is 0 Å². The van der Waals surface area contributed by atoms with Crippen LogP contribution in [0.2, 0.25) is 0 Å². The van der Waals surface area contributed by atoms with Gasteiger partial charge in [0.1, 0.15) is 0 Å². The Hall–Kier alpha value is -3.03. The number of nitrogens with zero attached hydrogens (tertiary/aromatic N) is 5. The number of rotatable bonds is 3. The van der Waals surface area contributed by atoms with E-state index >= 15 is 0 Å². The van der Waals surface area contributed by atoms with E-state index in [2.05, 4.69) is 15.3 Å². The first-order valence-electron chi connectivity index (χ1n) is 10.8. The third-order valence-corrected chi connectivity index (χ3v) is 6.46. The van der Waals surface area contributed by atoms with Crippen LogP contribution < -0.4 is 16.4 Å². The standard InChI is InChI=1S/C22H26N6O2/c1-27-21(30)17-6-4-12-23-20(17)25-22(27)24-15-8-10-16(11-9-15)28-19(29)13-14-5-2-3-7-18(14)26-28/h4,6,12-13,15-16H,2-3,5,7-11H2,1H3,(H,23,24,25). The number of anilines is 1. The highest BCUT2D eigenvalue weighted by molar-refractivity contribution is 5.74. The Morgan fingerprint density at radius 2 is 1.90 bits per heavy atom. The van der Waals surface area contributed by atoms with Crippen LogP contribution in [0, 0.1) is 0 Å². The molecule has 0 radical (unpaired) electrons. The van der Waals surface area contributed by atoms with Crippen molar-refractivity contribution in [1.82, 2.24) is 24.3 Å². The summed E-state index contributed by atoms with van der Waals surface area (Å²) in [6.07, 6.45) is 9.44. The smallest absolute Gasteiger partial charge is 0.267 e. The maximum atomic E-state index is 12.6. The van der Waals surface area contributed by atoms with Crippen LogP contribution in [0.4, 0.5) is 5.95 Å². The Morgan fingerprint density at radius 3 is 2.73 bits per heavy atom. The lowest BCUT2D eigenvalue weighted by molar-refractivity contribution is 0.299. The fourth-order valence-corrected chi connectivity index (χ4v) is 4.72. The Balaban J connectivity index is 1.31. The number of aryl methyl sites for hydroxylation is 2. The zero-order chi connectivity index (χ0) is 20.7. The minimum atomic E-state index is -0.103. The molecule has 2 aliphatic rings. The van der Waals surface area contributed by atoms with Gasteiger partial charge in [0.25, 0.3) is 11.1 Å². The predicted octanol–water partition coefficient (Wildman–Crippen LogP) is 2.36. The lowest BCUT2D eigenvalue weighted by Gasteiger charge is -2.30. The summed E-state index contributed by atoms with van der Waals surface area (Å²) in [7, 11) is 1.73. The minimum Gasteiger partial charge on any atom is -0.353 e. The highest BCUT2D eigenvalue weighted by Gasteiger charge is 2.26. The third kappa shape index (κ3) is 3.40. The van der Waals surface area contributed by atoms with Crippen molar-refractivity contribution in [3.05, 3.63) is 56.4 Å². The monoisotopic (exact) mass is 406 g/mol. The van der Waals surface area contributed by atoms with Gasteiger partial charge in [-0.2, -0.15) is 10.1 Å². The van der Waals surface area contributed by atoms with Crippen molar-refractivity contribution in [2.24, 2.45) is 7.05 Å². The Bertz CT molecular complexity index is 1210. The highest BCUT2D eigenvalue weighted by Crippen LogP contribution is 2.29. The molecule has 0 bridgehead atoms. The molecule has 156 valence electrons. The van der Waals surface area contributed by atoms with Gasteiger partial charge in [0.15, 0.2) is 5.65 Å². The van der Waals surface area contributed by atoms with E-state index in [9.17, 15) is 9.59 Å². The molecule has 1 saturated carbocycles. The highest BCUT2D eigenvalue weighted by atomic mass is 16.1. The van der Waals surface area contributed by atoms with Gasteiger partial charge in [-0.1, -0.05) is 0 Å². The van der Waals surface area contributed by atoms with Gasteiger partial charge in [-0.15, -0.1) is 0 Å². The number of hydrogen-bond donors (Lipinski definition) is 1. The molecule has 0 aliphatic heterocycles. The van der Waals surface area contributed by atoms with Gasteiger partial charge in [-0.05, 0) is 69.1 Å². The van der Waals surface area contributed by atoms with E-state index in [-0.39, 0.29) is 23.2 Å². The van der Waals surface area contributed by atoms with Crippen molar-refractivity contribution in [2.75, 3.05) is 5.32 Å². The average molecular weight is 406 g/mol. The molecule has 1 fully saturated rings. The molecular formula is C22H26N6O2. The molecule has 0 atom stereocenters. The van der Waals surface area contributed by atoms with E-state index in [1.54, 1.807) is 40.7 Å². The fraction of sp³-hybridized carbons (Fsp3) is 0.500. The van der Waals surface area contributed by atoms with Crippen LogP contribution in [0.15, 0.2) is 34.0 Å². The van der Waals surface area contributed by atoms with Gasteiger partial charge in [0, 0.05) is 25.4 Å². The van der Waals surface area contributed by atoms with E-state index in [0.29, 0.717) is 17.0 Å². The molecule has 0 spiro atoms. The van der Waals surface area contributed by atoms with E-state index in [0.717, 1.165) is 62.6 Å². The molecule has 1 N–H and O–H groups in total. The van der Waals surface area contributed by atoms with Crippen molar-refractivity contribution in [3.63, 3.8) is 0 Å². The van der Waals surface area contributed by atoms with Crippen molar-refractivity contribution in [3.8, 4) is 0 Å². The van der Waals surface area contributed by atoms with Crippen LogP contribution in [-0.4, -0.2) is 30.4 Å². The molecule has 0 unspecified atom stereocenters. The van der Waals surface area contributed by atoms with Crippen LogP contribution >= 0.6 is 0 Å². The van der Waals surface area contributed by atoms with Crippen molar-refractivity contribution in [2.45, 2.75) is 63.5 Å². The van der Waals surface area contributed by atoms with Crippen LogP contribution in [0.1, 0.15) is 55.8 Å². The molecule has 3 aromatic rings. The van der Waals surface area contributed by atoms with Crippen LogP contribution in [0.3, 0.4) is 0 Å². The summed E-state index contributed by atoms with van der Waals surface area (Å²) < 4.78 is 3.26. The lowest BCUT2D eigenvalue weighted by Crippen LogP contribution is -2.35. The van der Waals surface area contributed by atoms with Crippen molar-refractivity contribution >= 4 is 17.0 Å². The van der Waals surface area contributed by atoms with Gasteiger partial charge in [0.05, 0.1) is 17.1 Å². The Morgan fingerprint density at radius 1 is 1.10 bits per heavy atom. The molecule has 0 aromatic carbocycles. The van der Waals surface area contributed by atoms with Gasteiger partial charge in [-0.25, -0.2) is 9.67 Å². The molecule has 8 nitrogen and oxygen atoms in total. The number of aromatic nitrogens is 5. The second kappa shape index (κ2) is 7.66. The molecule has 0 saturated heterocycles. The topological polar surface area (TPSA) is 94.7 Å². The number of fused-ring (bicyclic) bond motifs is 2. The average Bonchev–Trinajstić information content (AvgIpc) is 2.77. The second-order valence-electron chi connectivity index (χ2n) is 8.43. The summed E-state index contributed by atoms with van der Waals surface area (Å²) in [6.45, 7) is 0. The number of pyridine rings is 1. The zero-order valence-electron chi connectivity index (χ0n) is 17.2. The molecular weight excluding hydrogens is 380 g/mol.